The number of amides is 1. The van der Waals surface area contributed by atoms with Gasteiger partial charge in [0.05, 0.1) is 22.3 Å². The van der Waals surface area contributed by atoms with Crippen LogP contribution in [0.4, 0.5) is 11.4 Å². The van der Waals surface area contributed by atoms with E-state index in [2.05, 4.69) is 5.32 Å². The highest BCUT2D eigenvalue weighted by molar-refractivity contribution is 5.79. The van der Waals surface area contributed by atoms with Gasteiger partial charge in [0.15, 0.2) is 0 Å². The van der Waals surface area contributed by atoms with E-state index in [1.807, 2.05) is 6.92 Å². The third-order valence-corrected chi connectivity index (χ3v) is 2.40. The molecule has 0 fully saturated rings. The molecule has 0 bridgehead atoms. The number of nitrogens with one attached hydrogen (secondary N) is 1. The van der Waals surface area contributed by atoms with E-state index in [0.717, 1.165) is 18.6 Å². The summed E-state index contributed by atoms with van der Waals surface area (Å²) < 4.78 is 0. The van der Waals surface area contributed by atoms with E-state index in [1.165, 1.54) is 6.07 Å². The molecular formula is C11H13N3O5. The molecule has 0 aliphatic rings. The number of rotatable bonds is 6. The molecule has 0 spiro atoms. The van der Waals surface area contributed by atoms with Gasteiger partial charge in [-0.25, -0.2) is 0 Å². The summed E-state index contributed by atoms with van der Waals surface area (Å²) in [5.41, 5.74) is -0.630. The fraction of sp³-hybridized carbons (Fsp3) is 0.364. The fourth-order valence-electron chi connectivity index (χ4n) is 1.49. The molecule has 0 unspecified atom stereocenters. The van der Waals surface area contributed by atoms with Crippen LogP contribution in [0.2, 0.25) is 0 Å². The first-order chi connectivity index (χ1) is 8.95. The predicted molar refractivity (Wildman–Crippen MR) is 66.8 cm³/mol. The molecule has 19 heavy (non-hydrogen) atoms. The Kier molecular flexibility index (Phi) is 4.92. The Hall–Kier alpha value is -2.51. The zero-order valence-electron chi connectivity index (χ0n) is 10.3. The van der Waals surface area contributed by atoms with Crippen molar-refractivity contribution in [2.75, 3.05) is 6.54 Å². The van der Waals surface area contributed by atoms with E-state index in [0.29, 0.717) is 6.54 Å². The molecule has 0 saturated carbocycles. The number of hydrogen-bond donors (Lipinski definition) is 1. The van der Waals surface area contributed by atoms with Gasteiger partial charge in [0.25, 0.3) is 11.4 Å². The molecular weight excluding hydrogens is 254 g/mol. The van der Waals surface area contributed by atoms with Crippen LogP contribution in [0.25, 0.3) is 0 Å². The van der Waals surface area contributed by atoms with Crippen LogP contribution < -0.4 is 5.32 Å². The minimum atomic E-state index is -0.727. The van der Waals surface area contributed by atoms with Crippen molar-refractivity contribution in [2.45, 2.75) is 19.8 Å². The molecule has 8 nitrogen and oxygen atoms in total. The lowest BCUT2D eigenvalue weighted by atomic mass is 10.1. The molecule has 1 aromatic rings. The smallest absolute Gasteiger partial charge is 0.279 e. The average Bonchev–Trinajstić information content (AvgIpc) is 2.36. The number of carbonyl (C=O) groups excluding carboxylic acids is 1. The molecule has 1 N–H and O–H groups in total. The van der Waals surface area contributed by atoms with Gasteiger partial charge >= 0.3 is 0 Å². The number of nitro benzene ring substituents is 2. The largest absolute Gasteiger partial charge is 0.356 e. The molecule has 8 heteroatoms. The van der Waals surface area contributed by atoms with E-state index in [1.54, 1.807) is 0 Å². The first-order valence-corrected chi connectivity index (χ1v) is 5.64. The Bertz CT molecular complexity index is 515. The second-order valence-electron chi connectivity index (χ2n) is 3.85. The third kappa shape index (κ3) is 4.02. The topological polar surface area (TPSA) is 115 Å². The summed E-state index contributed by atoms with van der Waals surface area (Å²) in [5.74, 6) is -0.348. The van der Waals surface area contributed by atoms with Crippen LogP contribution in [0.3, 0.4) is 0 Å². The lowest BCUT2D eigenvalue weighted by Gasteiger charge is -2.04. The lowest BCUT2D eigenvalue weighted by Crippen LogP contribution is -2.25. The average molecular weight is 267 g/mol. The second kappa shape index (κ2) is 6.43. The van der Waals surface area contributed by atoms with Gasteiger partial charge in [0, 0.05) is 18.2 Å². The first kappa shape index (κ1) is 14.6. The zero-order valence-corrected chi connectivity index (χ0v) is 10.3. The number of nitrogens with zero attached hydrogens (tertiary/aromatic N) is 2. The molecule has 1 rings (SSSR count). The Morgan fingerprint density at radius 1 is 1.26 bits per heavy atom. The van der Waals surface area contributed by atoms with Crippen molar-refractivity contribution < 1.29 is 14.6 Å². The monoisotopic (exact) mass is 267 g/mol. The van der Waals surface area contributed by atoms with Gasteiger partial charge in [0.2, 0.25) is 5.91 Å². The minimum Gasteiger partial charge on any atom is -0.356 e. The van der Waals surface area contributed by atoms with Gasteiger partial charge in [-0.2, -0.15) is 0 Å². The maximum Gasteiger partial charge on any atom is 0.279 e. The second-order valence-corrected chi connectivity index (χ2v) is 3.85. The Morgan fingerprint density at radius 3 is 2.47 bits per heavy atom. The first-order valence-electron chi connectivity index (χ1n) is 5.64. The fourth-order valence-corrected chi connectivity index (χ4v) is 1.49. The number of benzene rings is 1. The molecule has 0 heterocycles. The van der Waals surface area contributed by atoms with Crippen LogP contribution in [0.15, 0.2) is 18.2 Å². The molecule has 102 valence electrons. The van der Waals surface area contributed by atoms with Crippen molar-refractivity contribution in [2.24, 2.45) is 0 Å². The van der Waals surface area contributed by atoms with Crippen molar-refractivity contribution in [1.29, 1.82) is 0 Å². The van der Waals surface area contributed by atoms with Crippen molar-refractivity contribution >= 4 is 17.3 Å². The van der Waals surface area contributed by atoms with Gasteiger partial charge in [0.1, 0.15) is 0 Å². The molecule has 0 radical (unpaired) electrons. The number of carbonyl (C=O) groups is 1. The molecule has 0 atom stereocenters. The summed E-state index contributed by atoms with van der Waals surface area (Å²) in [6.07, 6.45) is 0.586. The maximum atomic E-state index is 11.5. The Morgan fingerprint density at radius 2 is 1.95 bits per heavy atom. The highest BCUT2D eigenvalue weighted by Crippen LogP contribution is 2.24. The van der Waals surface area contributed by atoms with Gasteiger partial charge in [-0.1, -0.05) is 6.92 Å². The number of hydrogen-bond acceptors (Lipinski definition) is 5. The van der Waals surface area contributed by atoms with E-state index in [9.17, 15) is 25.0 Å². The molecule has 0 aliphatic carbocycles. The highest BCUT2D eigenvalue weighted by atomic mass is 16.6. The van der Waals surface area contributed by atoms with Crippen LogP contribution in [-0.4, -0.2) is 22.3 Å². The summed E-state index contributed by atoms with van der Waals surface area (Å²) in [5, 5.41) is 24.0. The van der Waals surface area contributed by atoms with E-state index in [4.69, 9.17) is 0 Å². The van der Waals surface area contributed by atoms with Crippen molar-refractivity contribution in [3.63, 3.8) is 0 Å². The number of non-ortho nitro benzene ring substituents is 1. The summed E-state index contributed by atoms with van der Waals surface area (Å²) in [6.45, 7) is 2.37. The molecule has 0 saturated heterocycles. The Labute approximate surface area is 108 Å². The quantitative estimate of drug-likeness (QED) is 0.620. The van der Waals surface area contributed by atoms with E-state index >= 15 is 0 Å². The SMILES string of the molecule is CCCNC(=O)Cc1ccc([N+](=O)[O-])cc1[N+](=O)[O-]. The van der Waals surface area contributed by atoms with Crippen LogP contribution >= 0.6 is 0 Å². The van der Waals surface area contributed by atoms with Crippen LogP contribution in [0, 0.1) is 20.2 Å². The van der Waals surface area contributed by atoms with Crippen LogP contribution in [0.5, 0.6) is 0 Å². The molecule has 1 amide bonds. The molecule has 1 aromatic carbocycles. The minimum absolute atomic E-state index is 0.157. The van der Waals surface area contributed by atoms with Crippen molar-refractivity contribution in [3.05, 3.63) is 44.0 Å². The summed E-state index contributed by atoms with van der Waals surface area (Å²) in [4.78, 5) is 31.5. The van der Waals surface area contributed by atoms with Crippen LogP contribution in [0.1, 0.15) is 18.9 Å². The number of nitro groups is 2. The molecule has 0 aromatic heterocycles. The highest BCUT2D eigenvalue weighted by Gasteiger charge is 2.20. The predicted octanol–water partition coefficient (Wildman–Crippen LogP) is 1.57. The van der Waals surface area contributed by atoms with Crippen LogP contribution in [-0.2, 0) is 11.2 Å². The zero-order chi connectivity index (χ0) is 14.4. The standard InChI is InChI=1S/C11H13N3O5/c1-2-5-12-11(15)6-8-3-4-9(13(16)17)7-10(8)14(18)19/h3-4,7H,2,5-6H2,1H3,(H,12,15). The van der Waals surface area contributed by atoms with Gasteiger partial charge in [-0.05, 0) is 12.5 Å². The van der Waals surface area contributed by atoms with Gasteiger partial charge < -0.3 is 5.32 Å². The molecule has 0 aliphatic heterocycles. The van der Waals surface area contributed by atoms with E-state index in [-0.39, 0.29) is 23.6 Å². The van der Waals surface area contributed by atoms with E-state index < -0.39 is 15.5 Å². The Balaban J connectivity index is 2.97. The summed E-state index contributed by atoms with van der Waals surface area (Å²) >= 11 is 0. The van der Waals surface area contributed by atoms with Crippen molar-refractivity contribution in [1.82, 2.24) is 5.32 Å². The summed E-state index contributed by atoms with van der Waals surface area (Å²) in [6, 6.07) is 3.25. The third-order valence-electron chi connectivity index (χ3n) is 2.40. The maximum absolute atomic E-state index is 11.5. The van der Waals surface area contributed by atoms with Crippen molar-refractivity contribution in [3.8, 4) is 0 Å². The normalized spacial score (nSPS) is 9.95. The van der Waals surface area contributed by atoms with Gasteiger partial charge in [-0.15, -0.1) is 0 Å². The summed E-state index contributed by atoms with van der Waals surface area (Å²) in [7, 11) is 0. The van der Waals surface area contributed by atoms with Gasteiger partial charge in [-0.3, -0.25) is 25.0 Å². The lowest BCUT2D eigenvalue weighted by molar-refractivity contribution is -0.394.